The van der Waals surface area contributed by atoms with Crippen molar-refractivity contribution in [2.24, 2.45) is 0 Å². The number of anilines is 1. The van der Waals surface area contributed by atoms with E-state index in [1.807, 2.05) is 13.0 Å². The number of fused-ring (bicyclic) bond motifs is 1. The number of rotatable bonds is 2. The summed E-state index contributed by atoms with van der Waals surface area (Å²) in [6.45, 7) is 2.81. The molecule has 1 N–H and O–H groups in total. The highest BCUT2D eigenvalue weighted by atomic mass is 35.5. The lowest BCUT2D eigenvalue weighted by Gasteiger charge is -1.91. The molecule has 5 heteroatoms. The van der Waals surface area contributed by atoms with Gasteiger partial charge in [0.05, 0.1) is 5.02 Å². The zero-order valence-corrected chi connectivity index (χ0v) is 7.91. The number of aromatic nitrogens is 3. The highest BCUT2D eigenvalue weighted by Gasteiger charge is 2.01. The molecule has 0 saturated carbocycles. The van der Waals surface area contributed by atoms with Gasteiger partial charge in [0.15, 0.2) is 5.65 Å². The van der Waals surface area contributed by atoms with Crippen molar-refractivity contribution in [2.45, 2.75) is 6.92 Å². The van der Waals surface area contributed by atoms with Gasteiger partial charge in [-0.15, -0.1) is 5.10 Å². The molecular formula is C8H9ClN4. The third-order valence-electron chi connectivity index (χ3n) is 1.63. The van der Waals surface area contributed by atoms with E-state index in [4.69, 9.17) is 11.6 Å². The van der Waals surface area contributed by atoms with Crippen molar-refractivity contribution in [2.75, 3.05) is 11.9 Å². The van der Waals surface area contributed by atoms with E-state index in [0.29, 0.717) is 11.0 Å². The molecule has 0 spiro atoms. The monoisotopic (exact) mass is 196 g/mol. The van der Waals surface area contributed by atoms with Gasteiger partial charge in [0.1, 0.15) is 0 Å². The van der Waals surface area contributed by atoms with Crippen molar-refractivity contribution in [1.29, 1.82) is 0 Å². The van der Waals surface area contributed by atoms with Crippen molar-refractivity contribution >= 4 is 23.2 Å². The molecule has 0 amide bonds. The Bertz CT molecular complexity index is 423. The van der Waals surface area contributed by atoms with E-state index in [-0.39, 0.29) is 0 Å². The average Bonchev–Trinajstić information content (AvgIpc) is 2.46. The molecule has 0 bridgehead atoms. The summed E-state index contributed by atoms with van der Waals surface area (Å²) < 4.78 is 1.65. The molecule has 0 aliphatic rings. The van der Waals surface area contributed by atoms with Crippen LogP contribution in [-0.2, 0) is 0 Å². The third kappa shape index (κ3) is 1.58. The fourth-order valence-electron chi connectivity index (χ4n) is 1.09. The van der Waals surface area contributed by atoms with Crippen molar-refractivity contribution in [3.8, 4) is 0 Å². The molecule has 0 aromatic carbocycles. The molecule has 2 aromatic heterocycles. The minimum Gasteiger partial charge on any atom is -0.353 e. The zero-order chi connectivity index (χ0) is 9.26. The van der Waals surface area contributed by atoms with Crippen LogP contribution in [0.15, 0.2) is 18.3 Å². The van der Waals surface area contributed by atoms with E-state index in [1.54, 1.807) is 16.8 Å². The summed E-state index contributed by atoms with van der Waals surface area (Å²) in [4.78, 5) is 4.23. The molecule has 4 nitrogen and oxygen atoms in total. The van der Waals surface area contributed by atoms with Crippen LogP contribution < -0.4 is 5.32 Å². The van der Waals surface area contributed by atoms with Crippen LogP contribution >= 0.6 is 11.6 Å². The van der Waals surface area contributed by atoms with Gasteiger partial charge in [-0.25, -0.2) is 4.52 Å². The highest BCUT2D eigenvalue weighted by Crippen LogP contribution is 2.10. The van der Waals surface area contributed by atoms with E-state index >= 15 is 0 Å². The van der Waals surface area contributed by atoms with Gasteiger partial charge in [0.25, 0.3) is 0 Å². The number of pyridine rings is 1. The molecule has 68 valence electrons. The van der Waals surface area contributed by atoms with Crippen molar-refractivity contribution < 1.29 is 0 Å². The van der Waals surface area contributed by atoms with Crippen molar-refractivity contribution in [3.05, 3.63) is 23.4 Å². The zero-order valence-electron chi connectivity index (χ0n) is 7.16. The standard InChI is InChI=1S/C8H9ClN4/c1-2-10-8-11-7-4-3-6(9)5-13(7)12-8/h3-5H,2H2,1H3,(H,10,12). The number of halogens is 1. The summed E-state index contributed by atoms with van der Waals surface area (Å²) >= 11 is 5.80. The van der Waals surface area contributed by atoms with Crippen LogP contribution in [0.1, 0.15) is 6.92 Å². The number of nitrogens with one attached hydrogen (secondary N) is 1. The molecule has 0 atom stereocenters. The van der Waals surface area contributed by atoms with Gasteiger partial charge in [-0.2, -0.15) is 4.98 Å². The summed E-state index contributed by atoms with van der Waals surface area (Å²) in [7, 11) is 0. The molecule has 0 fully saturated rings. The lowest BCUT2D eigenvalue weighted by Crippen LogP contribution is -1.98. The van der Waals surface area contributed by atoms with E-state index in [9.17, 15) is 0 Å². The van der Waals surface area contributed by atoms with Gasteiger partial charge in [-0.3, -0.25) is 0 Å². The largest absolute Gasteiger partial charge is 0.353 e. The van der Waals surface area contributed by atoms with Gasteiger partial charge >= 0.3 is 0 Å². The Hall–Kier alpha value is -1.29. The molecule has 0 aliphatic heterocycles. The molecule has 0 unspecified atom stereocenters. The summed E-state index contributed by atoms with van der Waals surface area (Å²) in [6.07, 6.45) is 1.73. The predicted molar refractivity (Wildman–Crippen MR) is 52.2 cm³/mol. The van der Waals surface area contributed by atoms with Crippen LogP contribution in [-0.4, -0.2) is 21.1 Å². The van der Waals surface area contributed by atoms with Crippen LogP contribution in [0.25, 0.3) is 5.65 Å². The molecule has 2 heterocycles. The first-order chi connectivity index (χ1) is 6.29. The number of hydrogen-bond donors (Lipinski definition) is 1. The van der Waals surface area contributed by atoms with E-state index in [1.165, 1.54) is 0 Å². The lowest BCUT2D eigenvalue weighted by molar-refractivity contribution is 0.955. The Balaban J connectivity index is 2.49. The topological polar surface area (TPSA) is 42.2 Å². The maximum atomic E-state index is 5.80. The second-order valence-electron chi connectivity index (χ2n) is 2.62. The van der Waals surface area contributed by atoms with Crippen LogP contribution in [0, 0.1) is 0 Å². The summed E-state index contributed by atoms with van der Waals surface area (Å²) in [6, 6.07) is 3.62. The number of hydrogen-bond acceptors (Lipinski definition) is 3. The maximum absolute atomic E-state index is 5.80. The maximum Gasteiger partial charge on any atom is 0.243 e. The van der Waals surface area contributed by atoms with Crippen LogP contribution in [0.4, 0.5) is 5.95 Å². The Kier molecular flexibility index (Phi) is 2.06. The van der Waals surface area contributed by atoms with E-state index in [2.05, 4.69) is 15.4 Å². The van der Waals surface area contributed by atoms with Gasteiger partial charge in [0, 0.05) is 12.7 Å². The van der Waals surface area contributed by atoms with Crippen LogP contribution in [0.3, 0.4) is 0 Å². The Labute approximate surface area is 80.5 Å². The first-order valence-corrected chi connectivity index (χ1v) is 4.43. The van der Waals surface area contributed by atoms with Gasteiger partial charge in [0.2, 0.25) is 5.95 Å². The van der Waals surface area contributed by atoms with Crippen LogP contribution in [0.2, 0.25) is 5.02 Å². The SMILES string of the molecule is CCNc1nc2ccc(Cl)cn2n1. The minimum atomic E-state index is 0.629. The second-order valence-corrected chi connectivity index (χ2v) is 3.05. The van der Waals surface area contributed by atoms with E-state index < -0.39 is 0 Å². The minimum absolute atomic E-state index is 0.629. The molecule has 0 radical (unpaired) electrons. The summed E-state index contributed by atoms with van der Waals surface area (Å²) in [5.74, 6) is 0.629. The summed E-state index contributed by atoms with van der Waals surface area (Å²) in [5.41, 5.74) is 0.792. The normalized spacial score (nSPS) is 10.6. The molecule has 0 aliphatic carbocycles. The second kappa shape index (κ2) is 3.22. The smallest absolute Gasteiger partial charge is 0.243 e. The quantitative estimate of drug-likeness (QED) is 0.797. The first kappa shape index (κ1) is 8.31. The van der Waals surface area contributed by atoms with Gasteiger partial charge in [-0.05, 0) is 19.1 Å². The Morgan fingerprint density at radius 2 is 2.38 bits per heavy atom. The highest BCUT2D eigenvalue weighted by molar-refractivity contribution is 6.30. The Morgan fingerprint density at radius 3 is 3.15 bits per heavy atom. The third-order valence-corrected chi connectivity index (χ3v) is 1.85. The molecule has 13 heavy (non-hydrogen) atoms. The summed E-state index contributed by atoms with van der Waals surface area (Å²) in [5, 5.41) is 7.86. The predicted octanol–water partition coefficient (Wildman–Crippen LogP) is 1.81. The molecular weight excluding hydrogens is 188 g/mol. The number of nitrogens with zero attached hydrogens (tertiary/aromatic N) is 3. The molecule has 2 rings (SSSR count). The Morgan fingerprint density at radius 1 is 1.54 bits per heavy atom. The lowest BCUT2D eigenvalue weighted by atomic mass is 10.5. The average molecular weight is 197 g/mol. The van der Waals surface area contributed by atoms with E-state index in [0.717, 1.165) is 12.2 Å². The van der Waals surface area contributed by atoms with Crippen molar-refractivity contribution in [3.63, 3.8) is 0 Å². The van der Waals surface area contributed by atoms with Crippen LogP contribution in [0.5, 0.6) is 0 Å². The van der Waals surface area contributed by atoms with Gasteiger partial charge in [-0.1, -0.05) is 11.6 Å². The molecule has 0 saturated heterocycles. The van der Waals surface area contributed by atoms with Gasteiger partial charge < -0.3 is 5.32 Å². The molecule has 2 aromatic rings. The fraction of sp³-hybridized carbons (Fsp3) is 0.250. The fourth-order valence-corrected chi connectivity index (χ4v) is 1.25. The first-order valence-electron chi connectivity index (χ1n) is 4.05. The van der Waals surface area contributed by atoms with Crippen molar-refractivity contribution in [1.82, 2.24) is 14.6 Å².